The number of aryl methyl sites for hydroxylation is 1. The van der Waals surface area contributed by atoms with Crippen molar-refractivity contribution >= 4 is 11.8 Å². The summed E-state index contributed by atoms with van der Waals surface area (Å²) in [7, 11) is 0. The first-order valence-corrected chi connectivity index (χ1v) is 9.36. The number of nitrogens with one attached hydrogen (secondary N) is 1. The van der Waals surface area contributed by atoms with Crippen LogP contribution in [0.5, 0.6) is 5.75 Å². The third-order valence-corrected chi connectivity index (χ3v) is 4.81. The van der Waals surface area contributed by atoms with E-state index < -0.39 is 0 Å². The van der Waals surface area contributed by atoms with Crippen molar-refractivity contribution in [3.05, 3.63) is 59.9 Å². The van der Waals surface area contributed by atoms with Gasteiger partial charge in [0.25, 0.3) is 11.8 Å². The largest absolute Gasteiger partial charge is 0.483 e. The molecular formula is C21H25N3O3. The van der Waals surface area contributed by atoms with Gasteiger partial charge in [-0.2, -0.15) is 0 Å². The van der Waals surface area contributed by atoms with Gasteiger partial charge < -0.3 is 15.0 Å². The van der Waals surface area contributed by atoms with Gasteiger partial charge >= 0.3 is 0 Å². The van der Waals surface area contributed by atoms with Crippen LogP contribution < -0.4 is 10.1 Å². The highest BCUT2D eigenvalue weighted by Crippen LogP contribution is 2.19. The van der Waals surface area contributed by atoms with E-state index in [1.54, 1.807) is 29.4 Å². The van der Waals surface area contributed by atoms with E-state index in [2.05, 4.69) is 17.2 Å². The zero-order chi connectivity index (χ0) is 19.1. The van der Waals surface area contributed by atoms with Crippen molar-refractivity contribution in [2.75, 3.05) is 19.7 Å². The van der Waals surface area contributed by atoms with Crippen LogP contribution in [-0.4, -0.2) is 47.4 Å². The quantitative estimate of drug-likeness (QED) is 0.851. The van der Waals surface area contributed by atoms with Gasteiger partial charge in [0.15, 0.2) is 6.61 Å². The van der Waals surface area contributed by atoms with Crippen molar-refractivity contribution in [2.45, 2.75) is 32.2 Å². The Kier molecular flexibility index (Phi) is 6.41. The Bertz CT molecular complexity index is 771. The highest BCUT2D eigenvalue weighted by molar-refractivity contribution is 5.94. The Labute approximate surface area is 159 Å². The standard InChI is InChI=1S/C21H25N3O3/c1-2-16-6-3-4-8-19(16)27-15-20(25)24-12-9-18(10-13-24)23-21(26)17-7-5-11-22-14-17/h3-8,11,14,18H,2,9-10,12-13,15H2,1H3,(H,23,26). The van der Waals surface area contributed by atoms with Gasteiger partial charge in [-0.05, 0) is 43.0 Å². The number of benzene rings is 1. The van der Waals surface area contributed by atoms with Crippen molar-refractivity contribution in [1.82, 2.24) is 15.2 Å². The summed E-state index contributed by atoms with van der Waals surface area (Å²) in [6, 6.07) is 11.3. The van der Waals surface area contributed by atoms with E-state index in [0.29, 0.717) is 18.7 Å². The Morgan fingerprint density at radius 1 is 1.19 bits per heavy atom. The lowest BCUT2D eigenvalue weighted by atomic mass is 10.0. The molecule has 27 heavy (non-hydrogen) atoms. The molecule has 6 nitrogen and oxygen atoms in total. The third-order valence-electron chi connectivity index (χ3n) is 4.81. The topological polar surface area (TPSA) is 71.5 Å². The fraction of sp³-hybridized carbons (Fsp3) is 0.381. The van der Waals surface area contributed by atoms with E-state index in [0.717, 1.165) is 30.6 Å². The second kappa shape index (κ2) is 9.16. The summed E-state index contributed by atoms with van der Waals surface area (Å²) < 4.78 is 5.72. The molecule has 1 aliphatic heterocycles. The number of likely N-dealkylation sites (tertiary alicyclic amines) is 1. The van der Waals surface area contributed by atoms with Crippen LogP contribution in [-0.2, 0) is 11.2 Å². The lowest BCUT2D eigenvalue weighted by Crippen LogP contribution is -2.47. The first-order valence-electron chi connectivity index (χ1n) is 9.36. The Morgan fingerprint density at radius 2 is 1.96 bits per heavy atom. The molecular weight excluding hydrogens is 342 g/mol. The molecule has 1 aliphatic rings. The third kappa shape index (κ3) is 5.06. The molecule has 0 atom stereocenters. The number of pyridine rings is 1. The average molecular weight is 367 g/mol. The van der Waals surface area contributed by atoms with Crippen molar-refractivity contribution < 1.29 is 14.3 Å². The molecule has 142 valence electrons. The fourth-order valence-corrected chi connectivity index (χ4v) is 3.21. The van der Waals surface area contributed by atoms with Crippen LogP contribution in [0.4, 0.5) is 0 Å². The normalized spacial score (nSPS) is 14.6. The minimum Gasteiger partial charge on any atom is -0.483 e. The molecule has 1 N–H and O–H groups in total. The maximum atomic E-state index is 12.4. The molecule has 0 unspecified atom stereocenters. The van der Waals surface area contributed by atoms with E-state index in [1.807, 2.05) is 24.3 Å². The lowest BCUT2D eigenvalue weighted by molar-refractivity contribution is -0.134. The van der Waals surface area contributed by atoms with Crippen molar-refractivity contribution in [2.24, 2.45) is 0 Å². The summed E-state index contributed by atoms with van der Waals surface area (Å²) in [4.78, 5) is 30.4. The molecule has 2 aromatic rings. The van der Waals surface area contributed by atoms with Gasteiger partial charge in [-0.1, -0.05) is 25.1 Å². The summed E-state index contributed by atoms with van der Waals surface area (Å²) in [6.07, 6.45) is 5.54. The van der Waals surface area contributed by atoms with Crippen LogP contribution in [0.1, 0.15) is 35.7 Å². The summed E-state index contributed by atoms with van der Waals surface area (Å²) >= 11 is 0. The summed E-state index contributed by atoms with van der Waals surface area (Å²) in [6.45, 7) is 3.35. The summed E-state index contributed by atoms with van der Waals surface area (Å²) in [5, 5.41) is 3.02. The van der Waals surface area contributed by atoms with Gasteiger partial charge in [-0.3, -0.25) is 14.6 Å². The van der Waals surface area contributed by atoms with Gasteiger partial charge in [-0.25, -0.2) is 0 Å². The van der Waals surface area contributed by atoms with E-state index in [9.17, 15) is 9.59 Å². The number of amides is 2. The predicted molar refractivity (Wildman–Crippen MR) is 103 cm³/mol. The number of para-hydroxylation sites is 1. The van der Waals surface area contributed by atoms with Crippen LogP contribution in [0.25, 0.3) is 0 Å². The van der Waals surface area contributed by atoms with Crippen LogP contribution >= 0.6 is 0 Å². The Morgan fingerprint density at radius 3 is 2.67 bits per heavy atom. The molecule has 0 radical (unpaired) electrons. The Balaban J connectivity index is 1.44. The number of rotatable bonds is 6. The molecule has 3 rings (SSSR count). The fourth-order valence-electron chi connectivity index (χ4n) is 3.21. The van der Waals surface area contributed by atoms with E-state index >= 15 is 0 Å². The van der Waals surface area contributed by atoms with E-state index in [1.165, 1.54) is 0 Å². The predicted octanol–water partition coefficient (Wildman–Crippen LogP) is 2.44. The smallest absolute Gasteiger partial charge is 0.260 e. The monoisotopic (exact) mass is 367 g/mol. The molecule has 1 saturated heterocycles. The van der Waals surface area contributed by atoms with Crippen LogP contribution in [0.15, 0.2) is 48.8 Å². The number of piperidine rings is 1. The number of hydrogen-bond acceptors (Lipinski definition) is 4. The second-order valence-corrected chi connectivity index (χ2v) is 6.62. The Hall–Kier alpha value is -2.89. The highest BCUT2D eigenvalue weighted by Gasteiger charge is 2.24. The van der Waals surface area contributed by atoms with E-state index in [-0.39, 0.29) is 24.5 Å². The van der Waals surface area contributed by atoms with Crippen LogP contribution in [0, 0.1) is 0 Å². The van der Waals surface area contributed by atoms with Crippen molar-refractivity contribution in [3.8, 4) is 5.75 Å². The average Bonchev–Trinajstić information content (AvgIpc) is 2.73. The molecule has 6 heteroatoms. The number of aromatic nitrogens is 1. The molecule has 0 spiro atoms. The summed E-state index contributed by atoms with van der Waals surface area (Å²) in [5.41, 5.74) is 1.65. The van der Waals surface area contributed by atoms with Gasteiger partial charge in [0.1, 0.15) is 5.75 Å². The van der Waals surface area contributed by atoms with Crippen molar-refractivity contribution in [3.63, 3.8) is 0 Å². The first kappa shape index (κ1) is 18.9. The second-order valence-electron chi connectivity index (χ2n) is 6.62. The summed E-state index contributed by atoms with van der Waals surface area (Å²) in [5.74, 6) is 0.636. The minimum atomic E-state index is -0.118. The number of ether oxygens (including phenoxy) is 1. The molecule has 1 fully saturated rings. The van der Waals surface area contributed by atoms with Gasteiger partial charge in [0, 0.05) is 31.5 Å². The van der Waals surface area contributed by atoms with E-state index in [4.69, 9.17) is 4.74 Å². The van der Waals surface area contributed by atoms with Gasteiger partial charge in [-0.15, -0.1) is 0 Å². The molecule has 1 aromatic heterocycles. The maximum absolute atomic E-state index is 12.4. The molecule has 2 amide bonds. The van der Waals surface area contributed by atoms with Crippen LogP contribution in [0.3, 0.4) is 0 Å². The van der Waals surface area contributed by atoms with Crippen LogP contribution in [0.2, 0.25) is 0 Å². The number of carbonyl (C=O) groups is 2. The maximum Gasteiger partial charge on any atom is 0.260 e. The molecule has 0 bridgehead atoms. The molecule has 2 heterocycles. The number of hydrogen-bond donors (Lipinski definition) is 1. The SMILES string of the molecule is CCc1ccccc1OCC(=O)N1CCC(NC(=O)c2cccnc2)CC1. The zero-order valence-electron chi connectivity index (χ0n) is 15.6. The minimum absolute atomic E-state index is 0.0158. The van der Waals surface area contributed by atoms with Crippen molar-refractivity contribution in [1.29, 1.82) is 0 Å². The van der Waals surface area contributed by atoms with Gasteiger partial charge in [0.05, 0.1) is 5.56 Å². The first-order chi connectivity index (χ1) is 13.2. The lowest BCUT2D eigenvalue weighted by Gasteiger charge is -2.32. The molecule has 1 aromatic carbocycles. The molecule has 0 saturated carbocycles. The number of carbonyl (C=O) groups excluding carboxylic acids is 2. The molecule has 0 aliphatic carbocycles. The zero-order valence-corrected chi connectivity index (χ0v) is 15.6. The number of nitrogens with zero attached hydrogens (tertiary/aromatic N) is 2. The van der Waals surface area contributed by atoms with Gasteiger partial charge in [0.2, 0.25) is 0 Å². The highest BCUT2D eigenvalue weighted by atomic mass is 16.5.